The third-order valence-electron chi connectivity index (χ3n) is 5.64. The molecule has 0 bridgehead atoms. The molecule has 2 atom stereocenters. The van der Waals surface area contributed by atoms with Gasteiger partial charge >= 0.3 is 0 Å². The highest BCUT2D eigenvalue weighted by Gasteiger charge is 2.30. The van der Waals surface area contributed by atoms with E-state index in [9.17, 15) is 16.8 Å². The van der Waals surface area contributed by atoms with E-state index in [1.165, 1.54) is 25.7 Å². The lowest BCUT2D eigenvalue weighted by molar-refractivity contribution is 0.0759. The molecule has 0 N–H and O–H groups in total. The Kier molecular flexibility index (Phi) is 14.5. The van der Waals surface area contributed by atoms with Crippen molar-refractivity contribution < 1.29 is 25.2 Å². The molecule has 0 saturated heterocycles. The fraction of sp³-hybridized carbons (Fsp3) is 1.00. The fourth-order valence-corrected chi connectivity index (χ4v) is 6.39. The summed E-state index contributed by atoms with van der Waals surface area (Å²) in [6.45, 7) is 4.30. The zero-order chi connectivity index (χ0) is 22.3. The average molecular weight is 469 g/mol. The van der Waals surface area contributed by atoms with Crippen LogP contribution < -0.4 is 0 Å². The summed E-state index contributed by atoms with van der Waals surface area (Å²) in [6, 6.07) is 0. The molecule has 1 rings (SSSR count). The van der Waals surface area contributed by atoms with Gasteiger partial charge in [-0.2, -0.15) is 16.8 Å². The van der Waals surface area contributed by atoms with E-state index < -0.39 is 32.4 Å². The normalized spacial score (nSPS) is 20.5. The molecule has 1 fully saturated rings. The van der Waals surface area contributed by atoms with E-state index >= 15 is 0 Å². The Morgan fingerprint density at radius 2 is 0.967 bits per heavy atom. The smallest absolute Gasteiger partial charge is 0.267 e. The van der Waals surface area contributed by atoms with Crippen LogP contribution in [0.2, 0.25) is 0 Å². The van der Waals surface area contributed by atoms with Gasteiger partial charge in [0.05, 0.1) is 23.7 Å². The molecule has 0 amide bonds. The molecule has 0 aromatic rings. The predicted octanol–water partition coefficient (Wildman–Crippen LogP) is 5.71. The van der Waals surface area contributed by atoms with Crippen LogP contribution in [0, 0.1) is 0 Å². The third kappa shape index (κ3) is 14.0. The van der Waals surface area contributed by atoms with Gasteiger partial charge in [0.2, 0.25) is 0 Å². The zero-order valence-corrected chi connectivity index (χ0v) is 20.8. The second kappa shape index (κ2) is 15.6. The van der Waals surface area contributed by atoms with Crippen LogP contribution in [0.4, 0.5) is 0 Å². The first kappa shape index (κ1) is 27.9. The summed E-state index contributed by atoms with van der Waals surface area (Å²) in [6.07, 6.45) is 13.5. The van der Waals surface area contributed by atoms with E-state index in [2.05, 4.69) is 13.8 Å². The molecule has 1 aliphatic rings. The van der Waals surface area contributed by atoms with Crippen molar-refractivity contribution in [2.24, 2.45) is 0 Å². The average Bonchev–Trinajstić information content (AvgIpc) is 2.67. The second-order valence-corrected chi connectivity index (χ2v) is 12.1. The molecule has 6 nitrogen and oxygen atoms in total. The van der Waals surface area contributed by atoms with Gasteiger partial charge in [-0.15, -0.1) is 0 Å². The number of hydrogen-bond donors (Lipinski definition) is 0. The predicted molar refractivity (Wildman–Crippen MR) is 123 cm³/mol. The highest BCUT2D eigenvalue weighted by atomic mass is 32.2. The minimum absolute atomic E-state index is 0.0392. The largest absolute Gasteiger partial charge is 0.267 e. The highest BCUT2D eigenvalue weighted by molar-refractivity contribution is 7.87. The fourth-order valence-electron chi connectivity index (χ4n) is 3.91. The maximum absolute atomic E-state index is 12.2. The first-order valence-corrected chi connectivity index (χ1v) is 15.3. The van der Waals surface area contributed by atoms with Gasteiger partial charge in [-0.1, -0.05) is 78.1 Å². The summed E-state index contributed by atoms with van der Waals surface area (Å²) in [7, 11) is -7.14. The number of rotatable bonds is 18. The van der Waals surface area contributed by atoms with E-state index in [4.69, 9.17) is 8.37 Å². The first-order chi connectivity index (χ1) is 14.3. The molecule has 0 spiro atoms. The minimum Gasteiger partial charge on any atom is -0.267 e. The molecule has 2 unspecified atom stereocenters. The van der Waals surface area contributed by atoms with E-state index in [0.29, 0.717) is 38.5 Å². The molecular weight excluding hydrogens is 424 g/mol. The molecule has 0 heterocycles. The van der Waals surface area contributed by atoms with Crippen molar-refractivity contribution >= 4 is 20.2 Å². The summed E-state index contributed by atoms with van der Waals surface area (Å²) >= 11 is 0. The Morgan fingerprint density at radius 1 is 0.600 bits per heavy atom. The Bertz CT molecular complexity index is 576. The van der Waals surface area contributed by atoms with Gasteiger partial charge in [0, 0.05) is 6.42 Å². The van der Waals surface area contributed by atoms with Crippen LogP contribution >= 0.6 is 0 Å². The maximum atomic E-state index is 12.2. The number of unbranched alkanes of at least 4 members (excludes halogenated alkanes) is 10. The van der Waals surface area contributed by atoms with Gasteiger partial charge in [0.25, 0.3) is 20.2 Å². The van der Waals surface area contributed by atoms with Crippen LogP contribution in [0.15, 0.2) is 0 Å². The van der Waals surface area contributed by atoms with Crippen LogP contribution in [0.5, 0.6) is 0 Å². The Balaban J connectivity index is 2.31. The van der Waals surface area contributed by atoms with Crippen LogP contribution in [0.3, 0.4) is 0 Å². The van der Waals surface area contributed by atoms with E-state index in [1.807, 2.05) is 0 Å². The maximum Gasteiger partial charge on any atom is 0.267 e. The van der Waals surface area contributed by atoms with Crippen molar-refractivity contribution in [1.82, 2.24) is 0 Å². The molecule has 0 aromatic heterocycles. The van der Waals surface area contributed by atoms with Crippen molar-refractivity contribution in [2.75, 3.05) is 11.5 Å². The first-order valence-electron chi connectivity index (χ1n) is 12.1. The van der Waals surface area contributed by atoms with Gasteiger partial charge < -0.3 is 0 Å². The van der Waals surface area contributed by atoms with Crippen molar-refractivity contribution in [3.05, 3.63) is 0 Å². The van der Waals surface area contributed by atoms with Crippen LogP contribution in [0.1, 0.15) is 117 Å². The molecule has 8 heteroatoms. The van der Waals surface area contributed by atoms with Gasteiger partial charge in [0.15, 0.2) is 0 Å². The topological polar surface area (TPSA) is 86.7 Å². The van der Waals surface area contributed by atoms with Crippen LogP contribution in [-0.2, 0) is 28.6 Å². The van der Waals surface area contributed by atoms with Gasteiger partial charge in [-0.3, -0.25) is 8.37 Å². The zero-order valence-electron chi connectivity index (χ0n) is 19.1. The Hall–Kier alpha value is -0.180. The van der Waals surface area contributed by atoms with Crippen molar-refractivity contribution in [3.63, 3.8) is 0 Å². The minimum atomic E-state index is -3.57. The highest BCUT2D eigenvalue weighted by Crippen LogP contribution is 2.26. The van der Waals surface area contributed by atoms with Crippen molar-refractivity contribution in [2.45, 2.75) is 129 Å². The molecule has 1 saturated carbocycles. The Labute approximate surface area is 185 Å². The number of hydrogen-bond acceptors (Lipinski definition) is 6. The summed E-state index contributed by atoms with van der Waals surface area (Å²) in [5.41, 5.74) is 0. The quantitative estimate of drug-likeness (QED) is 0.189. The molecule has 0 aromatic carbocycles. The molecule has 0 radical (unpaired) electrons. The van der Waals surface area contributed by atoms with Crippen LogP contribution in [-0.4, -0.2) is 40.5 Å². The molecule has 180 valence electrons. The molecule has 0 aliphatic heterocycles. The lowest BCUT2D eigenvalue weighted by Crippen LogP contribution is -2.32. The van der Waals surface area contributed by atoms with E-state index in [0.717, 1.165) is 38.5 Å². The van der Waals surface area contributed by atoms with Gasteiger partial charge in [-0.25, -0.2) is 0 Å². The monoisotopic (exact) mass is 468 g/mol. The third-order valence-corrected chi connectivity index (χ3v) is 8.35. The second-order valence-electron chi connectivity index (χ2n) is 8.66. The van der Waals surface area contributed by atoms with Crippen LogP contribution in [0.25, 0.3) is 0 Å². The standard InChI is InChI=1S/C22H44O6S2/c1-3-5-7-9-11-13-18-29(23,24)27-21-16-15-17-22(20-21)28-30(25,26)19-14-12-10-8-6-4-2/h21-22H,3-20H2,1-2H3. The molecular formula is C22H44O6S2. The lowest BCUT2D eigenvalue weighted by atomic mass is 9.95. The SMILES string of the molecule is CCCCCCCCS(=O)(=O)OC1CCCC(OS(=O)(=O)CCCCCCCC)C1. The van der Waals surface area contributed by atoms with E-state index in [1.54, 1.807) is 0 Å². The van der Waals surface area contributed by atoms with Crippen molar-refractivity contribution in [1.29, 1.82) is 0 Å². The molecule has 30 heavy (non-hydrogen) atoms. The van der Waals surface area contributed by atoms with Gasteiger partial charge in [-0.05, 0) is 32.1 Å². The van der Waals surface area contributed by atoms with Crippen molar-refractivity contribution in [3.8, 4) is 0 Å². The molecule has 1 aliphatic carbocycles. The summed E-state index contributed by atoms with van der Waals surface area (Å²) in [5.74, 6) is 0.0783. The summed E-state index contributed by atoms with van der Waals surface area (Å²) in [4.78, 5) is 0. The summed E-state index contributed by atoms with van der Waals surface area (Å²) < 4.78 is 59.8. The lowest BCUT2D eigenvalue weighted by Gasteiger charge is -2.28. The Morgan fingerprint density at radius 3 is 1.37 bits per heavy atom. The summed E-state index contributed by atoms with van der Waals surface area (Å²) in [5, 5.41) is 0. The van der Waals surface area contributed by atoms with Gasteiger partial charge in [0.1, 0.15) is 0 Å². The van der Waals surface area contributed by atoms with E-state index in [-0.39, 0.29) is 11.5 Å².